The van der Waals surface area contributed by atoms with E-state index in [2.05, 4.69) is 5.32 Å². The average Bonchev–Trinajstić information content (AvgIpc) is 2.52. The van der Waals surface area contributed by atoms with Crippen LogP contribution in [0.15, 0.2) is 48.5 Å². The molecule has 0 radical (unpaired) electrons. The summed E-state index contributed by atoms with van der Waals surface area (Å²) in [6.45, 7) is 0.235. The van der Waals surface area contributed by atoms with Crippen molar-refractivity contribution in [3.8, 4) is 0 Å². The van der Waals surface area contributed by atoms with E-state index in [0.29, 0.717) is 21.2 Å². The average molecular weight is 350 g/mol. The van der Waals surface area contributed by atoms with Gasteiger partial charge in [0.15, 0.2) is 0 Å². The molecule has 4 nitrogen and oxygen atoms in total. The molecule has 0 aliphatic carbocycles. The number of amides is 1. The zero-order valence-electron chi connectivity index (χ0n) is 11.9. The molecule has 0 saturated carbocycles. The fourth-order valence-electron chi connectivity index (χ4n) is 1.86. The maximum Gasteiger partial charge on any atom is 0.335 e. The number of halogens is 2. The quantitative estimate of drug-likeness (QED) is 0.801. The minimum Gasteiger partial charge on any atom is -0.478 e. The topological polar surface area (TPSA) is 66.4 Å². The number of carboxylic acid groups (broad SMARTS) is 1. The Bertz CT molecular complexity index is 772. The van der Waals surface area contributed by atoms with Crippen molar-refractivity contribution in [1.29, 1.82) is 0 Å². The van der Waals surface area contributed by atoms with Crippen molar-refractivity contribution in [3.63, 3.8) is 0 Å². The Labute approximate surface area is 143 Å². The Hall–Kier alpha value is -2.30. The van der Waals surface area contributed by atoms with Crippen LogP contribution in [-0.2, 0) is 11.3 Å². The summed E-state index contributed by atoms with van der Waals surface area (Å²) in [7, 11) is 0. The fraction of sp³-hybridized carbons (Fsp3) is 0.0588. The van der Waals surface area contributed by atoms with Crippen molar-refractivity contribution in [2.75, 3.05) is 0 Å². The Morgan fingerprint density at radius 3 is 2.61 bits per heavy atom. The van der Waals surface area contributed by atoms with Crippen molar-refractivity contribution < 1.29 is 14.7 Å². The Kier molecular flexibility index (Phi) is 5.79. The lowest BCUT2D eigenvalue weighted by molar-refractivity contribution is -0.116. The highest BCUT2D eigenvalue weighted by Crippen LogP contribution is 2.21. The summed E-state index contributed by atoms with van der Waals surface area (Å²) in [5, 5.41) is 12.6. The van der Waals surface area contributed by atoms with Crippen LogP contribution in [0.5, 0.6) is 0 Å². The van der Waals surface area contributed by atoms with Crippen molar-refractivity contribution in [2.45, 2.75) is 6.54 Å². The van der Waals surface area contributed by atoms with Crippen LogP contribution in [-0.4, -0.2) is 17.0 Å². The number of nitrogens with one attached hydrogen (secondary N) is 1. The number of aromatic carboxylic acids is 1. The standard InChI is InChI=1S/C17H13Cl2NO3/c18-14-6-4-12(15(19)9-14)5-7-16(21)20-10-11-2-1-3-13(8-11)17(22)23/h1-9H,10H2,(H,20,21)(H,22,23)/b7-5+. The molecule has 0 atom stereocenters. The minimum atomic E-state index is -1.00. The van der Waals surface area contributed by atoms with E-state index in [0.717, 1.165) is 0 Å². The lowest BCUT2D eigenvalue weighted by atomic mass is 10.1. The van der Waals surface area contributed by atoms with Gasteiger partial charge < -0.3 is 10.4 Å². The Balaban J connectivity index is 1.96. The van der Waals surface area contributed by atoms with Crippen LogP contribution in [0, 0.1) is 0 Å². The first-order chi connectivity index (χ1) is 11.0. The number of hydrogen-bond donors (Lipinski definition) is 2. The lowest BCUT2D eigenvalue weighted by Crippen LogP contribution is -2.20. The van der Waals surface area contributed by atoms with Crippen LogP contribution in [0.3, 0.4) is 0 Å². The second-order valence-corrected chi connectivity index (χ2v) is 5.57. The molecule has 0 bridgehead atoms. The third-order valence-corrected chi connectivity index (χ3v) is 3.58. The van der Waals surface area contributed by atoms with Gasteiger partial charge in [-0.2, -0.15) is 0 Å². The van der Waals surface area contributed by atoms with Crippen LogP contribution in [0.1, 0.15) is 21.5 Å². The van der Waals surface area contributed by atoms with E-state index in [1.54, 1.807) is 36.4 Å². The third kappa shape index (κ3) is 5.13. The highest BCUT2D eigenvalue weighted by molar-refractivity contribution is 6.35. The highest BCUT2D eigenvalue weighted by Gasteiger charge is 2.04. The molecule has 0 unspecified atom stereocenters. The van der Waals surface area contributed by atoms with E-state index < -0.39 is 5.97 Å². The first-order valence-corrected chi connectivity index (χ1v) is 7.44. The van der Waals surface area contributed by atoms with E-state index in [4.69, 9.17) is 28.3 Å². The monoisotopic (exact) mass is 349 g/mol. The Morgan fingerprint density at radius 2 is 1.91 bits per heavy atom. The third-order valence-electron chi connectivity index (χ3n) is 3.02. The number of rotatable bonds is 5. The van der Waals surface area contributed by atoms with Gasteiger partial charge in [0.05, 0.1) is 5.56 Å². The summed E-state index contributed by atoms with van der Waals surface area (Å²) < 4.78 is 0. The maximum atomic E-state index is 11.8. The fourth-order valence-corrected chi connectivity index (χ4v) is 2.34. The smallest absolute Gasteiger partial charge is 0.335 e. The molecule has 0 aliphatic rings. The summed E-state index contributed by atoms with van der Waals surface area (Å²) in [4.78, 5) is 22.7. The van der Waals surface area contributed by atoms with Gasteiger partial charge in [0, 0.05) is 22.7 Å². The van der Waals surface area contributed by atoms with Crippen LogP contribution < -0.4 is 5.32 Å². The molecule has 2 aromatic rings. The first kappa shape index (κ1) is 17.1. The molecule has 0 heterocycles. The minimum absolute atomic E-state index is 0.181. The summed E-state index contributed by atoms with van der Waals surface area (Å²) in [6.07, 6.45) is 2.94. The summed E-state index contributed by atoms with van der Waals surface area (Å²) in [5.41, 5.74) is 1.57. The number of carbonyl (C=O) groups excluding carboxylic acids is 1. The molecular weight excluding hydrogens is 337 g/mol. The van der Waals surface area contributed by atoms with Gasteiger partial charge in [0.25, 0.3) is 0 Å². The van der Waals surface area contributed by atoms with Gasteiger partial charge in [-0.1, -0.05) is 41.4 Å². The molecule has 1 amide bonds. The lowest BCUT2D eigenvalue weighted by Gasteiger charge is -2.04. The van der Waals surface area contributed by atoms with Crippen molar-refractivity contribution in [2.24, 2.45) is 0 Å². The normalized spacial score (nSPS) is 10.7. The molecule has 0 aromatic heterocycles. The van der Waals surface area contributed by atoms with Gasteiger partial charge in [0.2, 0.25) is 5.91 Å². The van der Waals surface area contributed by atoms with Gasteiger partial charge in [-0.3, -0.25) is 4.79 Å². The van der Waals surface area contributed by atoms with E-state index in [9.17, 15) is 9.59 Å². The summed E-state index contributed by atoms with van der Waals surface area (Å²) in [6, 6.07) is 11.4. The van der Waals surface area contributed by atoms with Crippen LogP contribution in [0.25, 0.3) is 6.08 Å². The zero-order chi connectivity index (χ0) is 16.8. The zero-order valence-corrected chi connectivity index (χ0v) is 13.4. The maximum absolute atomic E-state index is 11.8. The largest absolute Gasteiger partial charge is 0.478 e. The molecule has 118 valence electrons. The highest BCUT2D eigenvalue weighted by atomic mass is 35.5. The molecule has 2 N–H and O–H groups in total. The summed E-state index contributed by atoms with van der Waals surface area (Å²) >= 11 is 11.8. The molecule has 0 spiro atoms. The predicted octanol–water partition coefficient (Wildman–Crippen LogP) is 4.02. The second-order valence-electron chi connectivity index (χ2n) is 4.72. The van der Waals surface area contributed by atoms with Gasteiger partial charge in [0.1, 0.15) is 0 Å². The van der Waals surface area contributed by atoms with Crippen LogP contribution >= 0.6 is 23.2 Å². The van der Waals surface area contributed by atoms with E-state index in [1.165, 1.54) is 18.2 Å². The van der Waals surface area contributed by atoms with E-state index in [1.807, 2.05) is 0 Å². The van der Waals surface area contributed by atoms with Crippen LogP contribution in [0.2, 0.25) is 10.0 Å². The van der Waals surface area contributed by atoms with Crippen LogP contribution in [0.4, 0.5) is 0 Å². The number of benzene rings is 2. The van der Waals surface area contributed by atoms with Crippen molar-refractivity contribution >= 4 is 41.2 Å². The Morgan fingerprint density at radius 1 is 1.13 bits per heavy atom. The molecule has 0 fully saturated rings. The molecule has 2 aromatic carbocycles. The van der Waals surface area contributed by atoms with Gasteiger partial charge in [-0.05, 0) is 41.5 Å². The molecular formula is C17H13Cl2NO3. The molecule has 2 rings (SSSR count). The number of carboxylic acids is 1. The van der Waals surface area contributed by atoms with Gasteiger partial charge in [-0.15, -0.1) is 0 Å². The molecule has 0 saturated heterocycles. The predicted molar refractivity (Wildman–Crippen MR) is 90.7 cm³/mol. The number of hydrogen-bond acceptors (Lipinski definition) is 2. The molecule has 0 aliphatic heterocycles. The number of carbonyl (C=O) groups is 2. The van der Waals surface area contributed by atoms with Crippen molar-refractivity contribution in [1.82, 2.24) is 5.32 Å². The summed E-state index contributed by atoms with van der Waals surface area (Å²) in [5.74, 6) is -1.31. The van der Waals surface area contributed by atoms with Crippen molar-refractivity contribution in [3.05, 3.63) is 75.3 Å². The van der Waals surface area contributed by atoms with Gasteiger partial charge in [-0.25, -0.2) is 4.79 Å². The first-order valence-electron chi connectivity index (χ1n) is 6.69. The SMILES string of the molecule is O=C(/C=C/c1ccc(Cl)cc1Cl)NCc1cccc(C(=O)O)c1. The molecule has 23 heavy (non-hydrogen) atoms. The molecule has 6 heteroatoms. The second kappa shape index (κ2) is 7.81. The van der Waals surface area contributed by atoms with Gasteiger partial charge >= 0.3 is 5.97 Å². The van der Waals surface area contributed by atoms with E-state index in [-0.39, 0.29) is 18.0 Å². The van der Waals surface area contributed by atoms with E-state index >= 15 is 0 Å².